The van der Waals surface area contributed by atoms with Crippen LogP contribution in [-0.4, -0.2) is 16.4 Å². The van der Waals surface area contributed by atoms with Crippen LogP contribution in [0, 0.1) is 0 Å². The van der Waals surface area contributed by atoms with E-state index in [0.29, 0.717) is 0 Å². The van der Waals surface area contributed by atoms with Crippen molar-refractivity contribution in [2.75, 3.05) is 5.88 Å². The molecular weight excluding hydrogens is 139 g/mol. The van der Waals surface area contributed by atoms with Gasteiger partial charge in [0.2, 0.25) is 0 Å². The molecular formula is C3H6Cl2O2. The standard InChI is InChI=1S/C2H5Cl.CHClO2/c1-2-3;2-1(3)4/h2H2,1H3;(H,3,4). The molecule has 0 fully saturated rings. The molecule has 0 amide bonds. The lowest BCUT2D eigenvalue weighted by Gasteiger charge is -1.55. The topological polar surface area (TPSA) is 37.3 Å². The van der Waals surface area contributed by atoms with Crippen LogP contribution >= 0.6 is 23.2 Å². The second kappa shape index (κ2) is 9.41. The van der Waals surface area contributed by atoms with E-state index in [4.69, 9.17) is 21.5 Å². The molecule has 1 N–H and O–H groups in total. The van der Waals surface area contributed by atoms with Crippen molar-refractivity contribution in [3.05, 3.63) is 0 Å². The van der Waals surface area contributed by atoms with Crippen molar-refractivity contribution in [3.63, 3.8) is 0 Å². The Bertz CT molecular complexity index is 42.2. The zero-order chi connectivity index (χ0) is 6.28. The highest BCUT2D eigenvalue weighted by atomic mass is 35.5. The van der Waals surface area contributed by atoms with Gasteiger partial charge in [-0.15, -0.1) is 11.6 Å². The molecule has 0 saturated carbocycles. The molecule has 0 radical (unpaired) electrons. The third-order valence-electron chi connectivity index (χ3n) is 0. The summed E-state index contributed by atoms with van der Waals surface area (Å²) < 4.78 is 0. The lowest BCUT2D eigenvalue weighted by Crippen LogP contribution is -1.66. The summed E-state index contributed by atoms with van der Waals surface area (Å²) in [6.07, 6.45) is 0. The Morgan fingerprint density at radius 2 is 1.86 bits per heavy atom. The first-order valence-electron chi connectivity index (χ1n) is 1.59. The molecule has 0 aliphatic heterocycles. The van der Waals surface area contributed by atoms with E-state index in [9.17, 15) is 0 Å². The quantitative estimate of drug-likeness (QED) is 0.418. The molecule has 7 heavy (non-hydrogen) atoms. The highest BCUT2D eigenvalue weighted by Crippen LogP contribution is 1.67. The predicted octanol–water partition coefficient (Wildman–Crippen LogP) is 2.15. The van der Waals surface area contributed by atoms with Crippen LogP contribution < -0.4 is 0 Å². The van der Waals surface area contributed by atoms with E-state index < -0.39 is 5.43 Å². The van der Waals surface area contributed by atoms with Crippen molar-refractivity contribution in [1.29, 1.82) is 0 Å². The van der Waals surface area contributed by atoms with E-state index in [1.165, 1.54) is 0 Å². The van der Waals surface area contributed by atoms with E-state index in [1.54, 1.807) is 0 Å². The molecule has 0 heterocycles. The van der Waals surface area contributed by atoms with E-state index in [2.05, 4.69) is 11.6 Å². The first-order chi connectivity index (χ1) is 3.15. The van der Waals surface area contributed by atoms with E-state index >= 15 is 0 Å². The van der Waals surface area contributed by atoms with Gasteiger partial charge >= 0.3 is 5.43 Å². The second-order valence-corrected chi connectivity index (χ2v) is 1.38. The number of carboxylic acid groups (broad SMARTS) is 1. The largest absolute Gasteiger partial charge is 0.469 e. The van der Waals surface area contributed by atoms with Crippen LogP contribution in [0.1, 0.15) is 6.92 Å². The normalized spacial score (nSPS) is 6.14. The van der Waals surface area contributed by atoms with Gasteiger partial charge in [0.05, 0.1) is 0 Å². The Kier molecular flexibility index (Phi) is 13.6. The number of alkyl halides is 1. The van der Waals surface area contributed by atoms with Gasteiger partial charge in [0.1, 0.15) is 0 Å². The van der Waals surface area contributed by atoms with Gasteiger partial charge in [-0.3, -0.25) is 0 Å². The van der Waals surface area contributed by atoms with Crippen molar-refractivity contribution < 1.29 is 9.90 Å². The van der Waals surface area contributed by atoms with Crippen molar-refractivity contribution in [3.8, 4) is 0 Å². The molecule has 0 aliphatic rings. The van der Waals surface area contributed by atoms with Crippen molar-refractivity contribution in [2.45, 2.75) is 6.92 Å². The minimum atomic E-state index is -1.36. The maximum absolute atomic E-state index is 8.77. The molecule has 0 aromatic rings. The molecule has 44 valence electrons. The van der Waals surface area contributed by atoms with Gasteiger partial charge in [-0.05, 0) is 0 Å². The monoisotopic (exact) mass is 144 g/mol. The number of carbonyl (C=O) groups is 1. The summed E-state index contributed by atoms with van der Waals surface area (Å²) in [7, 11) is 0. The van der Waals surface area contributed by atoms with E-state index in [0.717, 1.165) is 5.88 Å². The van der Waals surface area contributed by atoms with Gasteiger partial charge in [0.15, 0.2) is 0 Å². The summed E-state index contributed by atoms with van der Waals surface area (Å²) in [6.45, 7) is 1.89. The predicted molar refractivity (Wildman–Crippen MR) is 30.3 cm³/mol. The summed E-state index contributed by atoms with van der Waals surface area (Å²) >= 11 is 9.19. The SMILES string of the molecule is CCCl.O=C(O)Cl. The minimum Gasteiger partial charge on any atom is -0.469 e. The zero-order valence-corrected chi connectivity index (χ0v) is 5.33. The van der Waals surface area contributed by atoms with Crippen LogP contribution in [0.5, 0.6) is 0 Å². The van der Waals surface area contributed by atoms with Gasteiger partial charge in [-0.2, -0.15) is 0 Å². The molecule has 0 atom stereocenters. The first-order valence-corrected chi connectivity index (χ1v) is 2.50. The van der Waals surface area contributed by atoms with Crippen LogP contribution in [0.15, 0.2) is 0 Å². The van der Waals surface area contributed by atoms with Gasteiger partial charge in [-0.25, -0.2) is 4.79 Å². The van der Waals surface area contributed by atoms with Crippen molar-refractivity contribution in [1.82, 2.24) is 0 Å². The number of halogens is 2. The average Bonchev–Trinajstić information content (AvgIpc) is 1.33. The molecule has 0 rings (SSSR count). The highest BCUT2D eigenvalue weighted by molar-refractivity contribution is 6.60. The fourth-order valence-electron chi connectivity index (χ4n) is 0. The summed E-state index contributed by atoms with van der Waals surface area (Å²) in [5.74, 6) is 0.722. The lowest BCUT2D eigenvalue weighted by atomic mass is 11.0. The molecule has 0 aliphatic carbocycles. The third kappa shape index (κ3) is 39700. The Labute approximate surface area is 52.0 Å². The fourth-order valence-corrected chi connectivity index (χ4v) is 0. The average molecular weight is 145 g/mol. The van der Waals surface area contributed by atoms with E-state index in [-0.39, 0.29) is 0 Å². The van der Waals surface area contributed by atoms with Crippen LogP contribution in [0.3, 0.4) is 0 Å². The fraction of sp³-hybridized carbons (Fsp3) is 0.667. The maximum Gasteiger partial charge on any atom is 0.401 e. The number of hydrogen-bond donors (Lipinski definition) is 1. The summed E-state index contributed by atoms with van der Waals surface area (Å²) in [5.41, 5.74) is -1.36. The van der Waals surface area contributed by atoms with Gasteiger partial charge in [0.25, 0.3) is 0 Å². The molecule has 0 aromatic heterocycles. The minimum absolute atomic E-state index is 0.722. The Morgan fingerprint density at radius 3 is 1.86 bits per heavy atom. The highest BCUT2D eigenvalue weighted by Gasteiger charge is 1.71. The van der Waals surface area contributed by atoms with Crippen LogP contribution in [-0.2, 0) is 0 Å². The summed E-state index contributed by atoms with van der Waals surface area (Å²) in [6, 6.07) is 0. The maximum atomic E-state index is 8.77. The number of hydrogen-bond acceptors (Lipinski definition) is 1. The molecule has 2 nitrogen and oxygen atoms in total. The molecule has 0 spiro atoms. The molecule has 0 bridgehead atoms. The van der Waals surface area contributed by atoms with Crippen LogP contribution in [0.2, 0.25) is 0 Å². The molecule has 0 aromatic carbocycles. The van der Waals surface area contributed by atoms with Gasteiger partial charge in [0, 0.05) is 17.5 Å². The van der Waals surface area contributed by atoms with Crippen LogP contribution in [0.25, 0.3) is 0 Å². The summed E-state index contributed by atoms with van der Waals surface area (Å²) in [5, 5.41) is 7.18. The van der Waals surface area contributed by atoms with Gasteiger partial charge in [-0.1, -0.05) is 6.92 Å². The lowest BCUT2D eigenvalue weighted by molar-refractivity contribution is 0.220. The number of rotatable bonds is 0. The van der Waals surface area contributed by atoms with E-state index in [1.807, 2.05) is 6.92 Å². The smallest absolute Gasteiger partial charge is 0.401 e. The molecule has 0 saturated heterocycles. The zero-order valence-electron chi connectivity index (χ0n) is 3.82. The summed E-state index contributed by atoms with van der Waals surface area (Å²) in [4.78, 5) is 8.77. The Balaban J connectivity index is 0. The molecule has 0 unspecified atom stereocenters. The third-order valence-corrected chi connectivity index (χ3v) is 0. The van der Waals surface area contributed by atoms with Crippen molar-refractivity contribution >= 4 is 28.6 Å². The first kappa shape index (κ1) is 10.1. The van der Waals surface area contributed by atoms with Crippen molar-refractivity contribution in [2.24, 2.45) is 0 Å². The van der Waals surface area contributed by atoms with Crippen LogP contribution in [0.4, 0.5) is 4.79 Å². The Hall–Kier alpha value is 0.0500. The molecule has 4 heteroatoms. The second-order valence-electron chi connectivity index (χ2n) is 0.520. The Morgan fingerprint density at radius 1 is 1.86 bits per heavy atom. The van der Waals surface area contributed by atoms with Gasteiger partial charge < -0.3 is 5.11 Å².